The number of amides is 1. The molecule has 1 aromatic rings. The van der Waals surface area contributed by atoms with Crippen LogP contribution in [0.5, 0.6) is 0 Å². The monoisotopic (exact) mass is 325 g/mol. The number of aromatic nitrogens is 1. The molecule has 0 radical (unpaired) electrons. The van der Waals surface area contributed by atoms with E-state index in [9.17, 15) is 13.2 Å². The lowest BCUT2D eigenvalue weighted by molar-refractivity contribution is -0.120. The zero-order chi connectivity index (χ0) is 14.3. The lowest BCUT2D eigenvalue weighted by Gasteiger charge is -2.04. The van der Waals surface area contributed by atoms with Crippen molar-refractivity contribution in [2.75, 3.05) is 19.3 Å². The summed E-state index contributed by atoms with van der Waals surface area (Å²) in [5, 5.41) is 5.25. The van der Waals surface area contributed by atoms with E-state index >= 15 is 0 Å². The third-order valence-electron chi connectivity index (χ3n) is 2.09. The minimum Gasteiger partial charge on any atom is -0.356 e. The van der Waals surface area contributed by atoms with E-state index in [1.54, 1.807) is 0 Å². The van der Waals surface area contributed by atoms with Crippen molar-refractivity contribution in [1.29, 1.82) is 0 Å². The van der Waals surface area contributed by atoms with Crippen molar-refractivity contribution in [2.24, 2.45) is 0 Å². The molecule has 1 heterocycles. The summed E-state index contributed by atoms with van der Waals surface area (Å²) in [5.41, 5.74) is 0.770. The maximum atomic E-state index is 11.6. The van der Waals surface area contributed by atoms with Gasteiger partial charge in [-0.15, -0.1) is 22.9 Å². The summed E-state index contributed by atoms with van der Waals surface area (Å²) in [6.45, 7) is 0.738. The van der Waals surface area contributed by atoms with E-state index in [-0.39, 0.29) is 12.3 Å². The molecule has 0 spiro atoms. The van der Waals surface area contributed by atoms with Gasteiger partial charge in [-0.25, -0.2) is 18.1 Å². The van der Waals surface area contributed by atoms with Crippen LogP contribution < -0.4 is 10.0 Å². The molecule has 0 bridgehead atoms. The van der Waals surface area contributed by atoms with Gasteiger partial charge in [-0.2, -0.15) is 0 Å². The summed E-state index contributed by atoms with van der Waals surface area (Å²) in [7, 11) is -3.16. The smallest absolute Gasteiger partial charge is 0.226 e. The van der Waals surface area contributed by atoms with Crippen LogP contribution >= 0.6 is 22.9 Å². The van der Waals surface area contributed by atoms with Crippen LogP contribution in [-0.2, 0) is 27.1 Å². The van der Waals surface area contributed by atoms with E-state index in [2.05, 4.69) is 15.0 Å². The Morgan fingerprint density at radius 1 is 1.47 bits per heavy atom. The van der Waals surface area contributed by atoms with Crippen LogP contribution in [0.1, 0.15) is 17.1 Å². The van der Waals surface area contributed by atoms with Gasteiger partial charge >= 0.3 is 0 Å². The van der Waals surface area contributed by atoms with Gasteiger partial charge in [0.1, 0.15) is 5.01 Å². The average molecular weight is 326 g/mol. The zero-order valence-corrected chi connectivity index (χ0v) is 12.9. The van der Waals surface area contributed by atoms with Crippen molar-refractivity contribution in [1.82, 2.24) is 15.0 Å². The lowest BCUT2D eigenvalue weighted by Crippen LogP contribution is -2.30. The molecule has 0 aliphatic rings. The second-order valence-electron chi connectivity index (χ2n) is 3.91. The molecule has 0 saturated carbocycles. The van der Waals surface area contributed by atoms with Crippen molar-refractivity contribution in [3.8, 4) is 0 Å². The predicted molar refractivity (Wildman–Crippen MR) is 75.8 cm³/mol. The molecule has 9 heteroatoms. The van der Waals surface area contributed by atoms with Crippen LogP contribution in [0.25, 0.3) is 0 Å². The van der Waals surface area contributed by atoms with Crippen LogP contribution in [0.2, 0.25) is 0 Å². The second kappa shape index (κ2) is 7.78. The zero-order valence-electron chi connectivity index (χ0n) is 10.5. The Morgan fingerprint density at radius 2 is 2.21 bits per heavy atom. The highest BCUT2D eigenvalue weighted by molar-refractivity contribution is 7.88. The van der Waals surface area contributed by atoms with E-state index in [0.29, 0.717) is 25.4 Å². The lowest BCUT2D eigenvalue weighted by atomic mass is 10.4. The largest absolute Gasteiger partial charge is 0.356 e. The highest BCUT2D eigenvalue weighted by Crippen LogP contribution is 2.11. The molecule has 19 heavy (non-hydrogen) atoms. The molecule has 0 aliphatic carbocycles. The van der Waals surface area contributed by atoms with E-state index in [4.69, 9.17) is 11.6 Å². The highest BCUT2D eigenvalue weighted by Gasteiger charge is 2.07. The molecule has 1 amide bonds. The Morgan fingerprint density at radius 3 is 2.79 bits per heavy atom. The first-order valence-electron chi connectivity index (χ1n) is 5.61. The molecule has 2 N–H and O–H groups in total. The summed E-state index contributed by atoms with van der Waals surface area (Å²) in [5.74, 6) is 0.213. The third kappa shape index (κ3) is 7.46. The maximum Gasteiger partial charge on any atom is 0.226 e. The number of hydrogen-bond acceptors (Lipinski definition) is 5. The molecular formula is C10H16ClN3O3S2. The van der Waals surface area contributed by atoms with Crippen LogP contribution in [0.4, 0.5) is 0 Å². The molecule has 0 fully saturated rings. The van der Waals surface area contributed by atoms with Crippen LogP contribution in [0.15, 0.2) is 5.38 Å². The molecule has 0 aromatic carbocycles. The minimum atomic E-state index is -3.16. The molecule has 0 aliphatic heterocycles. The summed E-state index contributed by atoms with van der Waals surface area (Å²) >= 11 is 7.02. The number of sulfonamides is 1. The first kappa shape index (κ1) is 16.4. The van der Waals surface area contributed by atoms with Gasteiger partial charge in [0, 0.05) is 18.5 Å². The quantitative estimate of drug-likeness (QED) is 0.537. The maximum absolute atomic E-state index is 11.6. The summed E-state index contributed by atoms with van der Waals surface area (Å²) in [6.07, 6.45) is 1.87. The summed E-state index contributed by atoms with van der Waals surface area (Å²) < 4.78 is 23.9. The molecule has 0 unspecified atom stereocenters. The van der Waals surface area contributed by atoms with Crippen molar-refractivity contribution < 1.29 is 13.2 Å². The molecule has 1 aromatic heterocycles. The normalized spacial score (nSPS) is 11.5. The van der Waals surface area contributed by atoms with E-state index < -0.39 is 10.0 Å². The second-order valence-corrected chi connectivity index (χ2v) is 6.96. The van der Waals surface area contributed by atoms with E-state index in [1.165, 1.54) is 11.3 Å². The Labute approximate surface area is 121 Å². The van der Waals surface area contributed by atoms with Crippen molar-refractivity contribution in [3.63, 3.8) is 0 Å². The molecular weight excluding hydrogens is 310 g/mol. The fourth-order valence-corrected chi connectivity index (χ4v) is 2.80. The number of rotatable bonds is 8. The number of carbonyl (C=O) groups is 1. The third-order valence-corrected chi connectivity index (χ3v) is 3.99. The Hall–Kier alpha value is -0.700. The van der Waals surface area contributed by atoms with Gasteiger partial charge in [-0.3, -0.25) is 4.79 Å². The predicted octanol–water partition coefficient (Wildman–Crippen LogP) is 0.480. The number of alkyl halides is 1. The number of carbonyl (C=O) groups excluding carboxylic acids is 1. The topological polar surface area (TPSA) is 88.2 Å². The van der Waals surface area contributed by atoms with E-state index in [0.717, 1.165) is 17.0 Å². The summed E-state index contributed by atoms with van der Waals surface area (Å²) in [6, 6.07) is 0. The van der Waals surface area contributed by atoms with Crippen LogP contribution in [0.3, 0.4) is 0 Å². The van der Waals surface area contributed by atoms with Crippen molar-refractivity contribution >= 4 is 38.9 Å². The molecule has 6 nitrogen and oxygen atoms in total. The molecule has 0 saturated heterocycles. The van der Waals surface area contributed by atoms with Gasteiger partial charge in [-0.05, 0) is 6.42 Å². The number of nitrogens with zero attached hydrogens (tertiary/aromatic N) is 1. The number of halogens is 1. The van der Waals surface area contributed by atoms with Crippen LogP contribution in [-0.4, -0.2) is 38.7 Å². The van der Waals surface area contributed by atoms with E-state index in [1.807, 2.05) is 5.38 Å². The fourth-order valence-electron chi connectivity index (χ4n) is 1.27. The first-order chi connectivity index (χ1) is 8.90. The Bertz CT molecular complexity index is 516. The van der Waals surface area contributed by atoms with Gasteiger partial charge in [0.25, 0.3) is 0 Å². The summed E-state index contributed by atoms with van der Waals surface area (Å²) in [4.78, 5) is 15.7. The number of thiazole rings is 1. The SMILES string of the molecule is CS(=O)(=O)NCCCNC(=O)Cc1nc(CCl)cs1. The average Bonchev–Trinajstić information content (AvgIpc) is 2.74. The van der Waals surface area contributed by atoms with Crippen LogP contribution in [0, 0.1) is 0 Å². The van der Waals surface area contributed by atoms with Gasteiger partial charge < -0.3 is 5.32 Å². The van der Waals surface area contributed by atoms with Gasteiger partial charge in [0.15, 0.2) is 0 Å². The Balaban J connectivity index is 2.18. The fraction of sp³-hybridized carbons (Fsp3) is 0.600. The molecule has 108 valence electrons. The van der Waals surface area contributed by atoms with Gasteiger partial charge in [0.2, 0.25) is 15.9 Å². The Kier molecular flexibility index (Phi) is 6.70. The standard InChI is InChI=1S/C10H16ClN3O3S2/c1-19(16,17)13-4-2-3-12-9(15)5-10-14-8(6-11)7-18-10/h7,13H,2-6H2,1H3,(H,12,15). The minimum absolute atomic E-state index is 0.130. The highest BCUT2D eigenvalue weighted by atomic mass is 35.5. The first-order valence-corrected chi connectivity index (χ1v) is 8.92. The molecule has 0 atom stereocenters. The van der Waals surface area contributed by atoms with Gasteiger partial charge in [0.05, 0.1) is 24.3 Å². The van der Waals surface area contributed by atoms with Crippen molar-refractivity contribution in [3.05, 3.63) is 16.1 Å². The number of hydrogen-bond donors (Lipinski definition) is 2. The molecule has 1 rings (SSSR count). The van der Waals surface area contributed by atoms with Crippen molar-refractivity contribution in [2.45, 2.75) is 18.7 Å². The number of nitrogens with one attached hydrogen (secondary N) is 2. The van der Waals surface area contributed by atoms with Gasteiger partial charge in [-0.1, -0.05) is 0 Å².